The van der Waals surface area contributed by atoms with Crippen molar-refractivity contribution in [1.29, 1.82) is 0 Å². The van der Waals surface area contributed by atoms with Crippen LogP contribution < -0.4 is 10.6 Å². The molecular weight excluding hydrogens is 357 g/mol. The van der Waals surface area contributed by atoms with Crippen molar-refractivity contribution in [2.45, 2.75) is 24.3 Å². The fraction of sp³-hybridized carbons (Fsp3) is 0.389. The van der Waals surface area contributed by atoms with Gasteiger partial charge in [0, 0.05) is 23.7 Å². The zero-order valence-corrected chi connectivity index (χ0v) is 16.1. The first-order valence-electron chi connectivity index (χ1n) is 8.17. The van der Waals surface area contributed by atoms with Gasteiger partial charge >= 0.3 is 0 Å². The lowest BCUT2D eigenvalue weighted by atomic mass is 10.00. The Morgan fingerprint density at radius 3 is 2.68 bits per heavy atom. The average Bonchev–Trinajstić information content (AvgIpc) is 3.13. The maximum Gasteiger partial charge on any atom is 0.191 e. The van der Waals surface area contributed by atoms with Crippen molar-refractivity contribution in [2.75, 3.05) is 25.4 Å². The van der Waals surface area contributed by atoms with Gasteiger partial charge in [-0.25, -0.2) is 9.38 Å². The lowest BCUT2D eigenvalue weighted by Crippen LogP contribution is -2.39. The molecule has 0 amide bonds. The predicted octanol–water partition coefficient (Wildman–Crippen LogP) is 3.44. The molecule has 0 aliphatic heterocycles. The third-order valence-electron chi connectivity index (χ3n) is 3.51. The molecule has 0 aliphatic rings. The molecule has 136 valence electrons. The van der Waals surface area contributed by atoms with Crippen LogP contribution in [0.2, 0.25) is 0 Å². The molecule has 1 unspecified atom stereocenters. The number of rotatable bonds is 8. The molecule has 1 aromatic carbocycles. The molecule has 0 bridgehead atoms. The molecule has 2 rings (SSSR count). The Kier molecular flexibility index (Phi) is 7.74. The normalized spacial score (nSPS) is 14.2. The largest absolute Gasteiger partial charge is 0.383 e. The van der Waals surface area contributed by atoms with Gasteiger partial charge < -0.3 is 15.7 Å². The van der Waals surface area contributed by atoms with Gasteiger partial charge in [0.25, 0.3) is 0 Å². The minimum Gasteiger partial charge on any atom is -0.383 e. The number of hydrogen-bond acceptors (Lipinski definition) is 4. The summed E-state index contributed by atoms with van der Waals surface area (Å²) >= 11 is 3.21. The average molecular weight is 382 g/mol. The lowest BCUT2D eigenvalue weighted by Gasteiger charge is -2.21. The van der Waals surface area contributed by atoms with E-state index in [1.54, 1.807) is 42.2 Å². The highest BCUT2D eigenvalue weighted by Gasteiger charge is 2.23. The highest BCUT2D eigenvalue weighted by atomic mass is 32.2. The Morgan fingerprint density at radius 2 is 2.04 bits per heavy atom. The van der Waals surface area contributed by atoms with Gasteiger partial charge in [-0.3, -0.25) is 0 Å². The van der Waals surface area contributed by atoms with Crippen molar-refractivity contribution in [3.63, 3.8) is 0 Å². The number of nitrogens with zero attached hydrogens (tertiary/aromatic N) is 1. The van der Waals surface area contributed by atoms with Crippen LogP contribution in [0.4, 0.5) is 4.39 Å². The number of aliphatic imine (C=N–C) groups is 1. The van der Waals surface area contributed by atoms with Gasteiger partial charge in [-0.05, 0) is 60.5 Å². The van der Waals surface area contributed by atoms with Crippen LogP contribution in [0.1, 0.15) is 19.4 Å². The summed E-state index contributed by atoms with van der Waals surface area (Å²) in [4.78, 5) is 5.52. The zero-order chi connectivity index (χ0) is 18.1. The van der Waals surface area contributed by atoms with E-state index in [0.717, 1.165) is 22.8 Å². The smallest absolute Gasteiger partial charge is 0.191 e. The van der Waals surface area contributed by atoms with Crippen molar-refractivity contribution in [2.24, 2.45) is 4.99 Å². The Hall–Kier alpha value is -1.57. The molecule has 0 fully saturated rings. The number of thiophene rings is 1. The molecule has 1 aromatic heterocycles. The van der Waals surface area contributed by atoms with Crippen LogP contribution in [0.25, 0.3) is 0 Å². The molecule has 1 atom stereocenters. The SMILES string of the molecule is CCNC(=NCC(C)(O)c1ccsc1)NCCSc1ccc(F)cc1. The molecule has 0 saturated heterocycles. The van der Waals surface area contributed by atoms with Crippen LogP contribution in [-0.4, -0.2) is 36.5 Å². The first kappa shape index (κ1) is 19.8. The standard InChI is InChI=1S/C18H24FN3OS2/c1-3-20-17(22-13-18(2,23)14-8-10-24-12-14)21-9-11-25-16-6-4-15(19)5-7-16/h4-8,10,12,23H,3,9,11,13H2,1-2H3,(H2,20,21,22). The molecule has 7 heteroatoms. The molecular formula is C18H24FN3OS2. The summed E-state index contributed by atoms with van der Waals surface area (Å²) in [7, 11) is 0. The second-order valence-electron chi connectivity index (χ2n) is 5.71. The predicted molar refractivity (Wildman–Crippen MR) is 105 cm³/mol. The number of hydrogen-bond donors (Lipinski definition) is 3. The van der Waals surface area contributed by atoms with Crippen molar-refractivity contribution in [3.8, 4) is 0 Å². The highest BCUT2D eigenvalue weighted by molar-refractivity contribution is 7.99. The van der Waals surface area contributed by atoms with E-state index in [1.165, 1.54) is 12.1 Å². The molecule has 4 nitrogen and oxygen atoms in total. The van der Waals surface area contributed by atoms with Gasteiger partial charge in [0.05, 0.1) is 6.54 Å². The maximum atomic E-state index is 12.9. The number of aliphatic hydroxyl groups is 1. The van der Waals surface area contributed by atoms with Gasteiger partial charge in [0.2, 0.25) is 0 Å². The third kappa shape index (κ3) is 6.68. The van der Waals surface area contributed by atoms with Crippen molar-refractivity contribution >= 4 is 29.1 Å². The van der Waals surface area contributed by atoms with Gasteiger partial charge in [-0.2, -0.15) is 11.3 Å². The number of benzene rings is 1. The van der Waals surface area contributed by atoms with Gasteiger partial charge in [-0.1, -0.05) is 0 Å². The molecule has 0 radical (unpaired) electrons. The van der Waals surface area contributed by atoms with E-state index in [1.807, 2.05) is 23.8 Å². The van der Waals surface area contributed by atoms with E-state index in [2.05, 4.69) is 15.6 Å². The van der Waals surface area contributed by atoms with Crippen LogP contribution in [0, 0.1) is 5.82 Å². The monoisotopic (exact) mass is 381 g/mol. The zero-order valence-electron chi connectivity index (χ0n) is 14.5. The minimum absolute atomic E-state index is 0.221. The van der Waals surface area contributed by atoms with Crippen LogP contribution in [0.3, 0.4) is 0 Å². The van der Waals surface area contributed by atoms with Crippen molar-refractivity contribution < 1.29 is 9.50 Å². The maximum absolute atomic E-state index is 12.9. The van der Waals surface area contributed by atoms with Crippen molar-refractivity contribution in [1.82, 2.24) is 10.6 Å². The summed E-state index contributed by atoms with van der Waals surface area (Å²) in [5.74, 6) is 1.29. The Balaban J connectivity index is 1.82. The summed E-state index contributed by atoms with van der Waals surface area (Å²) < 4.78 is 12.9. The van der Waals surface area contributed by atoms with Gasteiger partial charge in [-0.15, -0.1) is 11.8 Å². The summed E-state index contributed by atoms with van der Waals surface area (Å²) in [6, 6.07) is 8.40. The fourth-order valence-electron chi connectivity index (χ4n) is 2.11. The van der Waals surface area contributed by atoms with Crippen LogP contribution in [-0.2, 0) is 5.60 Å². The Morgan fingerprint density at radius 1 is 1.28 bits per heavy atom. The van der Waals surface area contributed by atoms with Crippen molar-refractivity contribution in [3.05, 3.63) is 52.5 Å². The number of thioether (sulfide) groups is 1. The van der Waals surface area contributed by atoms with E-state index in [4.69, 9.17) is 0 Å². The van der Waals surface area contributed by atoms with Gasteiger partial charge in [0.15, 0.2) is 5.96 Å². The second kappa shape index (κ2) is 9.79. The van der Waals surface area contributed by atoms with Crippen LogP contribution in [0.15, 0.2) is 51.0 Å². The minimum atomic E-state index is -0.981. The van der Waals surface area contributed by atoms with E-state index >= 15 is 0 Å². The lowest BCUT2D eigenvalue weighted by molar-refractivity contribution is 0.0677. The summed E-state index contributed by atoms with van der Waals surface area (Å²) in [5.41, 5.74) is -0.102. The Bertz CT molecular complexity index is 657. The van der Waals surface area contributed by atoms with Crippen LogP contribution >= 0.6 is 23.1 Å². The van der Waals surface area contributed by atoms with E-state index < -0.39 is 5.60 Å². The van der Waals surface area contributed by atoms with E-state index in [9.17, 15) is 9.50 Å². The third-order valence-corrected chi connectivity index (χ3v) is 5.21. The highest BCUT2D eigenvalue weighted by Crippen LogP contribution is 2.23. The molecule has 0 saturated carbocycles. The fourth-order valence-corrected chi connectivity index (χ4v) is 3.66. The molecule has 0 spiro atoms. The quantitative estimate of drug-likeness (QED) is 0.284. The molecule has 0 aliphatic carbocycles. The summed E-state index contributed by atoms with van der Waals surface area (Å²) in [6.07, 6.45) is 0. The molecule has 25 heavy (non-hydrogen) atoms. The molecule has 1 heterocycles. The number of guanidine groups is 1. The second-order valence-corrected chi connectivity index (χ2v) is 7.66. The van der Waals surface area contributed by atoms with E-state index in [-0.39, 0.29) is 12.4 Å². The molecule has 3 N–H and O–H groups in total. The summed E-state index contributed by atoms with van der Waals surface area (Å²) in [5, 5.41) is 20.9. The first-order valence-corrected chi connectivity index (χ1v) is 10.1. The topological polar surface area (TPSA) is 56.7 Å². The number of nitrogens with one attached hydrogen (secondary N) is 2. The number of halogens is 1. The summed E-state index contributed by atoms with van der Waals surface area (Å²) in [6.45, 7) is 5.52. The van der Waals surface area contributed by atoms with Crippen LogP contribution in [0.5, 0.6) is 0 Å². The van der Waals surface area contributed by atoms with E-state index in [0.29, 0.717) is 12.5 Å². The first-order chi connectivity index (χ1) is 12.0. The molecule has 2 aromatic rings. The Labute approximate surface area is 156 Å². The van der Waals surface area contributed by atoms with Gasteiger partial charge in [0.1, 0.15) is 11.4 Å².